The van der Waals surface area contributed by atoms with Crippen LogP contribution in [0.1, 0.15) is 104 Å². The molecule has 2 aromatic rings. The Kier molecular flexibility index (Phi) is 4.09. The van der Waals surface area contributed by atoms with E-state index in [2.05, 4.69) is 99.7 Å². The summed E-state index contributed by atoms with van der Waals surface area (Å²) in [6, 6.07) is 9.49. The normalized spacial score (nSPS) is 24.6. The zero-order valence-electron chi connectivity index (χ0n) is 20.2. The van der Waals surface area contributed by atoms with Crippen LogP contribution < -0.4 is 0 Å². The predicted molar refractivity (Wildman–Crippen MR) is 125 cm³/mol. The summed E-state index contributed by atoms with van der Waals surface area (Å²) in [6.45, 7) is 24.0. The van der Waals surface area contributed by atoms with Gasteiger partial charge in [-0.25, -0.2) is 0 Å². The third-order valence-electron chi connectivity index (χ3n) is 9.52. The van der Waals surface area contributed by atoms with Gasteiger partial charge in [-0.05, 0) is 74.3 Å². The quantitative estimate of drug-likeness (QED) is 0.487. The molecule has 2 aliphatic carbocycles. The van der Waals surface area contributed by atoms with Crippen LogP contribution in [0.2, 0.25) is 0 Å². The van der Waals surface area contributed by atoms with Crippen molar-refractivity contribution in [3.8, 4) is 11.3 Å². The van der Waals surface area contributed by atoms with E-state index in [1.165, 1.54) is 40.7 Å². The van der Waals surface area contributed by atoms with Crippen LogP contribution in [-0.2, 0) is 21.7 Å². The molecule has 1 nitrogen and oxygen atoms in total. The maximum Gasteiger partial charge on any atom is 0.0705 e. The summed E-state index contributed by atoms with van der Waals surface area (Å²) >= 11 is 0. The molecule has 156 valence electrons. The number of rotatable bonds is 1. The van der Waals surface area contributed by atoms with E-state index in [0.29, 0.717) is 0 Å². The summed E-state index contributed by atoms with van der Waals surface area (Å²) in [5.74, 6) is 0. The molecule has 29 heavy (non-hydrogen) atoms. The van der Waals surface area contributed by atoms with E-state index < -0.39 is 0 Å². The molecule has 0 spiro atoms. The average Bonchev–Trinajstić information content (AvgIpc) is 2.74. The van der Waals surface area contributed by atoms with Crippen molar-refractivity contribution < 1.29 is 0 Å². The maximum absolute atomic E-state index is 4.97. The van der Waals surface area contributed by atoms with Crippen molar-refractivity contribution in [3.63, 3.8) is 0 Å². The summed E-state index contributed by atoms with van der Waals surface area (Å²) in [6.07, 6.45) is 4.62. The highest BCUT2D eigenvalue weighted by atomic mass is 14.7. The Morgan fingerprint density at radius 1 is 0.621 bits per heavy atom. The number of nitrogens with zero attached hydrogens (tertiary/aromatic N) is 1. The number of aromatic nitrogens is 1. The van der Waals surface area contributed by atoms with Crippen molar-refractivity contribution in [1.29, 1.82) is 0 Å². The van der Waals surface area contributed by atoms with Crippen molar-refractivity contribution in [2.24, 2.45) is 5.41 Å². The minimum Gasteiger partial charge on any atom is -0.256 e. The minimum atomic E-state index is 0.122. The molecule has 0 amide bonds. The first kappa shape index (κ1) is 20.6. The third-order valence-corrected chi connectivity index (χ3v) is 9.52. The summed E-state index contributed by atoms with van der Waals surface area (Å²) in [5, 5.41) is 0. The van der Waals surface area contributed by atoms with Gasteiger partial charge in [0.1, 0.15) is 0 Å². The van der Waals surface area contributed by atoms with Gasteiger partial charge in [0.2, 0.25) is 0 Å². The highest BCUT2D eigenvalue weighted by molar-refractivity contribution is 5.66. The van der Waals surface area contributed by atoms with E-state index in [-0.39, 0.29) is 27.1 Å². The van der Waals surface area contributed by atoms with Crippen LogP contribution in [0.3, 0.4) is 0 Å². The molecule has 1 heteroatoms. The Hall–Kier alpha value is -1.63. The van der Waals surface area contributed by atoms with E-state index in [1.54, 1.807) is 0 Å². The molecule has 0 unspecified atom stereocenters. The van der Waals surface area contributed by atoms with E-state index >= 15 is 0 Å². The van der Waals surface area contributed by atoms with Crippen LogP contribution in [0.5, 0.6) is 0 Å². The molecule has 1 aromatic heterocycles. The van der Waals surface area contributed by atoms with Crippen LogP contribution in [0.15, 0.2) is 30.5 Å². The zero-order valence-corrected chi connectivity index (χ0v) is 20.2. The van der Waals surface area contributed by atoms with Crippen molar-refractivity contribution >= 4 is 0 Å². The Labute approximate surface area is 178 Å². The lowest BCUT2D eigenvalue weighted by atomic mass is 9.59. The molecule has 2 aliphatic rings. The lowest BCUT2D eigenvalue weighted by Gasteiger charge is -2.44. The molecule has 0 aliphatic heterocycles. The van der Waals surface area contributed by atoms with Crippen LogP contribution in [0.4, 0.5) is 0 Å². The number of fused-ring (bicyclic) bond motifs is 2. The lowest BCUT2D eigenvalue weighted by molar-refractivity contribution is 0.125. The highest BCUT2D eigenvalue weighted by Gasteiger charge is 2.56. The van der Waals surface area contributed by atoms with Gasteiger partial charge < -0.3 is 0 Å². The molecule has 0 saturated heterocycles. The summed E-state index contributed by atoms with van der Waals surface area (Å²) in [4.78, 5) is 4.97. The number of hydrogen-bond acceptors (Lipinski definition) is 1. The van der Waals surface area contributed by atoms with E-state index in [9.17, 15) is 0 Å². The largest absolute Gasteiger partial charge is 0.256 e. The molecule has 0 bridgehead atoms. The summed E-state index contributed by atoms with van der Waals surface area (Å²) < 4.78 is 0. The van der Waals surface area contributed by atoms with Gasteiger partial charge >= 0.3 is 0 Å². The average molecular weight is 390 g/mol. The predicted octanol–water partition coefficient (Wildman–Crippen LogP) is 7.69. The van der Waals surface area contributed by atoms with E-state index in [4.69, 9.17) is 4.98 Å². The van der Waals surface area contributed by atoms with Gasteiger partial charge in [-0.1, -0.05) is 81.4 Å². The van der Waals surface area contributed by atoms with Gasteiger partial charge in [0.25, 0.3) is 0 Å². The van der Waals surface area contributed by atoms with E-state index in [0.717, 1.165) is 5.69 Å². The molecule has 0 N–H and O–H groups in total. The third kappa shape index (κ3) is 2.62. The Bertz CT molecular complexity index is 985. The first-order valence-electron chi connectivity index (χ1n) is 11.3. The molecule has 1 aromatic carbocycles. The van der Waals surface area contributed by atoms with Gasteiger partial charge in [0, 0.05) is 11.8 Å². The lowest BCUT2D eigenvalue weighted by Crippen LogP contribution is -2.42. The summed E-state index contributed by atoms with van der Waals surface area (Å²) in [5.41, 5.74) is 9.17. The number of pyridine rings is 1. The fourth-order valence-corrected chi connectivity index (χ4v) is 5.83. The maximum atomic E-state index is 4.97. The highest BCUT2D eigenvalue weighted by Crippen LogP contribution is 2.61. The molecule has 0 atom stereocenters. The van der Waals surface area contributed by atoms with Gasteiger partial charge in [0.05, 0.1) is 5.69 Å². The molecule has 0 fully saturated rings. The minimum absolute atomic E-state index is 0.122. The number of hydrogen-bond donors (Lipinski definition) is 0. The van der Waals surface area contributed by atoms with E-state index in [1.807, 2.05) is 0 Å². The zero-order chi connectivity index (χ0) is 21.6. The number of benzene rings is 1. The first-order valence-corrected chi connectivity index (χ1v) is 11.3. The first-order chi connectivity index (χ1) is 13.1. The van der Waals surface area contributed by atoms with Gasteiger partial charge in [-0.2, -0.15) is 0 Å². The fourth-order valence-electron chi connectivity index (χ4n) is 5.83. The van der Waals surface area contributed by atoms with Crippen LogP contribution in [0.25, 0.3) is 11.3 Å². The van der Waals surface area contributed by atoms with Gasteiger partial charge in [-0.3, -0.25) is 4.98 Å². The van der Waals surface area contributed by atoms with Gasteiger partial charge in [-0.15, -0.1) is 0 Å². The monoisotopic (exact) mass is 389 g/mol. The molecule has 4 rings (SSSR count). The van der Waals surface area contributed by atoms with Crippen molar-refractivity contribution in [1.82, 2.24) is 4.98 Å². The standard InChI is InChI=1S/C28H39N/c1-24(2)13-14-25(3,4)22-17-29-23(16-20(22)24)18-11-12-19-21(15-18)27(7,8)28(9,10)26(19,5)6/h11-12,15-17H,13-14H2,1-10H3. The Balaban J connectivity index is 1.88. The SMILES string of the molecule is CC1(C)CCC(C)(C)c2cc(-c3ccc4c(c3)C(C)(C)C(C)(C)C4(C)C)ncc21. The van der Waals surface area contributed by atoms with Crippen LogP contribution in [-0.4, -0.2) is 4.98 Å². The molecule has 0 radical (unpaired) electrons. The van der Waals surface area contributed by atoms with Crippen molar-refractivity contribution in [3.05, 3.63) is 52.7 Å². The topological polar surface area (TPSA) is 12.9 Å². The smallest absolute Gasteiger partial charge is 0.0705 e. The Morgan fingerprint density at radius 3 is 1.79 bits per heavy atom. The second-order valence-corrected chi connectivity index (χ2v) is 12.5. The molecular weight excluding hydrogens is 350 g/mol. The van der Waals surface area contributed by atoms with Crippen molar-refractivity contribution in [2.45, 2.75) is 104 Å². The fraction of sp³-hybridized carbons (Fsp3) is 0.607. The Morgan fingerprint density at radius 2 is 1.17 bits per heavy atom. The second kappa shape index (κ2) is 5.74. The molecule has 0 saturated carbocycles. The second-order valence-electron chi connectivity index (χ2n) is 12.5. The van der Waals surface area contributed by atoms with Gasteiger partial charge in [0.15, 0.2) is 0 Å². The van der Waals surface area contributed by atoms with Crippen LogP contribution >= 0.6 is 0 Å². The summed E-state index contributed by atoms with van der Waals surface area (Å²) in [7, 11) is 0. The molecular formula is C28H39N. The molecule has 1 heterocycles. The van der Waals surface area contributed by atoms with Crippen molar-refractivity contribution in [2.75, 3.05) is 0 Å². The van der Waals surface area contributed by atoms with Crippen LogP contribution in [0, 0.1) is 5.41 Å².